The van der Waals surface area contributed by atoms with Crippen LogP contribution in [-0.2, 0) is 11.2 Å². The second kappa shape index (κ2) is 10.8. The first-order valence-electron chi connectivity index (χ1n) is 11.2. The highest BCUT2D eigenvalue weighted by Gasteiger charge is 2.26. The van der Waals surface area contributed by atoms with Crippen molar-refractivity contribution < 1.29 is 14.3 Å². The van der Waals surface area contributed by atoms with Crippen molar-refractivity contribution in [3.8, 4) is 0 Å². The minimum atomic E-state index is -0.423. The van der Waals surface area contributed by atoms with Crippen molar-refractivity contribution in [1.82, 2.24) is 4.90 Å². The third-order valence-electron chi connectivity index (χ3n) is 5.46. The number of aryl methyl sites for hydroxylation is 1. The molecule has 162 valence electrons. The van der Waals surface area contributed by atoms with Crippen molar-refractivity contribution >= 4 is 11.9 Å². The van der Waals surface area contributed by atoms with E-state index < -0.39 is 5.60 Å². The van der Waals surface area contributed by atoms with E-state index in [1.165, 1.54) is 24.8 Å². The normalized spacial score (nSPS) is 15.6. The van der Waals surface area contributed by atoms with E-state index in [4.69, 9.17) is 4.74 Å². The minimum absolute atomic E-state index is 0.175. The highest BCUT2D eigenvalue weighted by molar-refractivity contribution is 5.96. The Morgan fingerprint density at radius 3 is 2.24 bits per heavy atom. The molecule has 0 saturated carbocycles. The molecule has 1 saturated heterocycles. The van der Waals surface area contributed by atoms with Gasteiger partial charge in [-0.25, -0.2) is 4.79 Å². The van der Waals surface area contributed by atoms with E-state index in [2.05, 4.69) is 26.0 Å². The first-order chi connectivity index (χ1) is 13.6. The van der Waals surface area contributed by atoms with Crippen LogP contribution in [0.4, 0.5) is 4.79 Å². The predicted molar refractivity (Wildman–Crippen MR) is 118 cm³/mol. The van der Waals surface area contributed by atoms with Gasteiger partial charge < -0.3 is 9.64 Å². The summed E-state index contributed by atoms with van der Waals surface area (Å²) in [5.74, 6) is 1.35. The molecule has 0 aliphatic carbocycles. The van der Waals surface area contributed by atoms with Gasteiger partial charge in [0.2, 0.25) is 0 Å². The minimum Gasteiger partial charge on any atom is -0.444 e. The fourth-order valence-electron chi connectivity index (χ4n) is 3.84. The van der Waals surface area contributed by atoms with Gasteiger partial charge in [0.15, 0.2) is 5.78 Å². The summed E-state index contributed by atoms with van der Waals surface area (Å²) in [6, 6.07) is 8.17. The lowest BCUT2D eigenvalue weighted by molar-refractivity contribution is 0.0180. The summed E-state index contributed by atoms with van der Waals surface area (Å²) in [5.41, 5.74) is 1.72. The lowest BCUT2D eigenvalue weighted by atomic mass is 9.91. The molecule has 0 spiro atoms. The molecule has 0 bridgehead atoms. The number of carbonyl (C=O) groups excluding carboxylic acids is 2. The molecule has 1 aliphatic heterocycles. The summed E-state index contributed by atoms with van der Waals surface area (Å²) in [4.78, 5) is 26.1. The molecule has 1 aromatic carbocycles. The van der Waals surface area contributed by atoms with E-state index in [9.17, 15) is 9.59 Å². The van der Waals surface area contributed by atoms with Crippen LogP contribution in [0.25, 0.3) is 0 Å². The van der Waals surface area contributed by atoms with Crippen molar-refractivity contribution in [2.45, 2.75) is 85.2 Å². The molecule has 4 heteroatoms. The van der Waals surface area contributed by atoms with Crippen LogP contribution in [0.1, 0.15) is 89.1 Å². The third kappa shape index (κ3) is 8.59. The lowest BCUT2D eigenvalue weighted by Gasteiger charge is -2.33. The van der Waals surface area contributed by atoms with Gasteiger partial charge in [0, 0.05) is 25.1 Å². The van der Waals surface area contributed by atoms with Gasteiger partial charge in [-0.05, 0) is 63.9 Å². The van der Waals surface area contributed by atoms with Crippen LogP contribution in [0.5, 0.6) is 0 Å². The highest BCUT2D eigenvalue weighted by atomic mass is 16.6. The quantitative estimate of drug-likeness (QED) is 0.381. The van der Waals surface area contributed by atoms with Gasteiger partial charge in [-0.2, -0.15) is 0 Å². The van der Waals surface area contributed by atoms with Crippen LogP contribution < -0.4 is 0 Å². The number of hydrogen-bond donors (Lipinski definition) is 0. The molecule has 0 unspecified atom stereocenters. The number of unbranched alkanes of at least 4 members (excludes halogenated alkanes) is 1. The van der Waals surface area contributed by atoms with Gasteiger partial charge in [-0.1, -0.05) is 51.0 Å². The predicted octanol–water partition coefficient (Wildman–Crippen LogP) is 6.28. The largest absolute Gasteiger partial charge is 0.444 e. The van der Waals surface area contributed by atoms with Gasteiger partial charge in [-0.15, -0.1) is 0 Å². The van der Waals surface area contributed by atoms with Crippen LogP contribution in [0, 0.1) is 11.8 Å². The Morgan fingerprint density at radius 2 is 1.69 bits per heavy atom. The van der Waals surface area contributed by atoms with Crippen molar-refractivity contribution in [3.63, 3.8) is 0 Å². The number of ketones is 1. The van der Waals surface area contributed by atoms with Gasteiger partial charge >= 0.3 is 6.09 Å². The molecule has 1 fully saturated rings. The number of amides is 1. The first-order valence-corrected chi connectivity index (χ1v) is 11.2. The SMILES string of the molecule is CC(C)CC(=O)c1ccc(CCCCC2CCN(C(=O)OC(C)(C)C)CC2)cc1. The number of Topliss-reactive ketones (excluding diaryl/α,β-unsaturated/α-hetero) is 1. The number of piperidine rings is 1. The van der Waals surface area contributed by atoms with Crippen LogP contribution in [0.2, 0.25) is 0 Å². The van der Waals surface area contributed by atoms with E-state index in [0.29, 0.717) is 18.3 Å². The summed E-state index contributed by atoms with van der Waals surface area (Å²) in [5, 5.41) is 0. The average Bonchev–Trinajstić information content (AvgIpc) is 2.64. The zero-order chi connectivity index (χ0) is 21.4. The zero-order valence-corrected chi connectivity index (χ0v) is 19.0. The Kier molecular flexibility index (Phi) is 8.73. The molecule has 0 radical (unpaired) electrons. The van der Waals surface area contributed by atoms with Crippen LogP contribution in [0.15, 0.2) is 24.3 Å². The number of rotatable bonds is 8. The first kappa shape index (κ1) is 23.4. The van der Waals surface area contributed by atoms with Gasteiger partial charge in [0.1, 0.15) is 5.60 Å². The standard InChI is InChI=1S/C25H39NO3/c1-19(2)18-23(27)22-12-10-20(11-13-22)8-6-7-9-21-14-16-26(17-15-21)24(28)29-25(3,4)5/h10-13,19,21H,6-9,14-18H2,1-5H3. The zero-order valence-electron chi connectivity index (χ0n) is 19.0. The van der Waals surface area contributed by atoms with E-state index >= 15 is 0 Å². The fraction of sp³-hybridized carbons (Fsp3) is 0.680. The Hall–Kier alpha value is -1.84. The second-order valence-electron chi connectivity index (χ2n) is 9.87. The Morgan fingerprint density at radius 1 is 1.07 bits per heavy atom. The second-order valence-corrected chi connectivity index (χ2v) is 9.87. The number of ether oxygens (including phenoxy) is 1. The Bertz CT molecular complexity index is 650. The number of nitrogens with zero attached hydrogens (tertiary/aromatic N) is 1. The highest BCUT2D eigenvalue weighted by Crippen LogP contribution is 2.24. The monoisotopic (exact) mass is 401 g/mol. The molecule has 1 amide bonds. The van der Waals surface area contributed by atoms with Gasteiger partial charge in [0.05, 0.1) is 0 Å². The number of hydrogen-bond acceptors (Lipinski definition) is 3. The molecule has 4 nitrogen and oxygen atoms in total. The molecular formula is C25H39NO3. The van der Waals surface area contributed by atoms with Gasteiger partial charge in [0.25, 0.3) is 0 Å². The van der Waals surface area contributed by atoms with Crippen LogP contribution in [0.3, 0.4) is 0 Å². The molecule has 0 aromatic heterocycles. The number of carbonyl (C=O) groups is 2. The third-order valence-corrected chi connectivity index (χ3v) is 5.46. The summed E-state index contributed by atoms with van der Waals surface area (Å²) < 4.78 is 5.47. The topological polar surface area (TPSA) is 46.6 Å². The van der Waals surface area contributed by atoms with Crippen molar-refractivity contribution in [2.75, 3.05) is 13.1 Å². The van der Waals surface area contributed by atoms with E-state index in [1.807, 2.05) is 37.8 Å². The lowest BCUT2D eigenvalue weighted by Crippen LogP contribution is -2.41. The maximum atomic E-state index is 12.1. The maximum Gasteiger partial charge on any atom is 0.410 e. The number of benzene rings is 1. The molecule has 1 heterocycles. The summed E-state index contributed by atoms with van der Waals surface area (Å²) >= 11 is 0. The maximum absolute atomic E-state index is 12.1. The molecule has 1 aliphatic rings. The van der Waals surface area contributed by atoms with E-state index in [-0.39, 0.29) is 11.9 Å². The summed E-state index contributed by atoms with van der Waals surface area (Å²) in [6.07, 6.45) is 7.27. The fourth-order valence-corrected chi connectivity index (χ4v) is 3.84. The molecule has 1 aromatic rings. The van der Waals surface area contributed by atoms with Crippen molar-refractivity contribution in [2.24, 2.45) is 11.8 Å². The molecule has 2 rings (SSSR count). The summed E-state index contributed by atoms with van der Waals surface area (Å²) in [6.45, 7) is 11.5. The van der Waals surface area contributed by atoms with Crippen molar-refractivity contribution in [1.29, 1.82) is 0 Å². The smallest absolute Gasteiger partial charge is 0.410 e. The molecular weight excluding hydrogens is 362 g/mol. The van der Waals surface area contributed by atoms with E-state index in [0.717, 1.165) is 37.9 Å². The Balaban J connectivity index is 1.64. The van der Waals surface area contributed by atoms with Gasteiger partial charge in [-0.3, -0.25) is 4.79 Å². The molecule has 29 heavy (non-hydrogen) atoms. The van der Waals surface area contributed by atoms with Crippen LogP contribution in [-0.4, -0.2) is 35.5 Å². The average molecular weight is 402 g/mol. The summed E-state index contributed by atoms with van der Waals surface area (Å²) in [7, 11) is 0. The number of likely N-dealkylation sites (tertiary alicyclic amines) is 1. The molecule has 0 N–H and O–H groups in total. The Labute approximate surface area is 177 Å². The van der Waals surface area contributed by atoms with Crippen LogP contribution >= 0.6 is 0 Å². The van der Waals surface area contributed by atoms with Crippen molar-refractivity contribution in [3.05, 3.63) is 35.4 Å². The van der Waals surface area contributed by atoms with E-state index in [1.54, 1.807) is 0 Å². The molecule has 0 atom stereocenters.